The molecule has 0 bridgehead atoms. The van der Waals surface area contributed by atoms with E-state index < -0.39 is 0 Å². The van der Waals surface area contributed by atoms with E-state index in [1.165, 1.54) is 10.6 Å². The first-order valence-electron chi connectivity index (χ1n) is 7.62. The van der Waals surface area contributed by atoms with Gasteiger partial charge in [-0.05, 0) is 37.8 Å². The Balaban J connectivity index is 1.96. The summed E-state index contributed by atoms with van der Waals surface area (Å²) in [6.07, 6.45) is 3.51. The van der Waals surface area contributed by atoms with Gasteiger partial charge < -0.3 is 4.74 Å². The Morgan fingerprint density at radius 1 is 1.09 bits per heavy atom. The van der Waals surface area contributed by atoms with Crippen LogP contribution in [-0.2, 0) is 11.3 Å². The molecule has 1 aromatic heterocycles. The number of aryl methyl sites for hydroxylation is 1. The van der Waals surface area contributed by atoms with Crippen molar-refractivity contribution in [2.24, 2.45) is 5.92 Å². The highest BCUT2D eigenvalue weighted by Crippen LogP contribution is 2.16. The van der Waals surface area contributed by atoms with Gasteiger partial charge in [-0.1, -0.05) is 17.7 Å². The Kier molecular flexibility index (Phi) is 4.24. The minimum absolute atomic E-state index is 0.275. The second kappa shape index (κ2) is 6.32. The molecule has 3 rings (SSSR count). The van der Waals surface area contributed by atoms with Gasteiger partial charge in [0.2, 0.25) is 0 Å². The van der Waals surface area contributed by atoms with Gasteiger partial charge in [0.15, 0.2) is 0 Å². The van der Waals surface area contributed by atoms with Gasteiger partial charge in [0.1, 0.15) is 0 Å². The van der Waals surface area contributed by atoms with Crippen molar-refractivity contribution in [3.63, 3.8) is 0 Å². The fraction of sp³-hybridized carbons (Fsp3) is 0.412. The van der Waals surface area contributed by atoms with E-state index in [0.29, 0.717) is 18.2 Å². The van der Waals surface area contributed by atoms with Crippen LogP contribution in [0.4, 0.5) is 0 Å². The highest BCUT2D eigenvalue weighted by Gasteiger charge is 2.16. The van der Waals surface area contributed by atoms with Gasteiger partial charge in [-0.3, -0.25) is 9.36 Å². The highest BCUT2D eigenvalue weighted by atomic mass is 16.5. The van der Waals surface area contributed by atoms with Crippen molar-refractivity contribution in [2.75, 3.05) is 13.2 Å². The van der Waals surface area contributed by atoms with Crippen molar-refractivity contribution in [1.82, 2.24) is 9.13 Å². The Hall–Kier alpha value is -2.14. The lowest BCUT2D eigenvalue weighted by molar-refractivity contribution is 0.0607. The molecule has 2 aromatic rings. The van der Waals surface area contributed by atoms with Crippen molar-refractivity contribution < 1.29 is 4.74 Å². The van der Waals surface area contributed by atoms with Crippen LogP contribution in [0.2, 0.25) is 0 Å². The normalized spacial score (nSPS) is 15.9. The van der Waals surface area contributed by atoms with E-state index in [9.17, 15) is 9.59 Å². The Labute approximate surface area is 128 Å². The molecule has 1 saturated heterocycles. The summed E-state index contributed by atoms with van der Waals surface area (Å²) in [6.45, 7) is 4.10. The van der Waals surface area contributed by atoms with Gasteiger partial charge in [-0.25, -0.2) is 9.36 Å². The summed E-state index contributed by atoms with van der Waals surface area (Å²) in [5.41, 5.74) is 1.14. The second-order valence-corrected chi connectivity index (χ2v) is 5.82. The lowest BCUT2D eigenvalue weighted by Crippen LogP contribution is -2.39. The van der Waals surface area contributed by atoms with E-state index in [1.807, 2.05) is 19.1 Å². The van der Waals surface area contributed by atoms with Crippen LogP contribution in [0.1, 0.15) is 18.4 Å². The van der Waals surface area contributed by atoms with Gasteiger partial charge >= 0.3 is 5.69 Å². The van der Waals surface area contributed by atoms with Crippen LogP contribution in [-0.4, -0.2) is 22.3 Å². The standard InChI is InChI=1S/C17H20N2O3/c1-13-2-4-15(5-3-13)19-16(20)6-9-18(17(19)21)12-14-7-10-22-11-8-14/h2-6,9,14H,7-8,10-12H2,1H3. The molecule has 5 nitrogen and oxygen atoms in total. The number of ether oxygens (including phenoxy) is 1. The summed E-state index contributed by atoms with van der Waals surface area (Å²) in [5, 5.41) is 0. The van der Waals surface area contributed by atoms with Crippen LogP contribution in [0.25, 0.3) is 5.69 Å². The smallest absolute Gasteiger partial charge is 0.335 e. The molecule has 0 amide bonds. The summed E-state index contributed by atoms with van der Waals surface area (Å²) >= 11 is 0. The Morgan fingerprint density at radius 3 is 2.45 bits per heavy atom. The van der Waals surface area contributed by atoms with E-state index in [2.05, 4.69) is 0 Å². The number of hydrogen-bond acceptors (Lipinski definition) is 3. The molecule has 0 saturated carbocycles. The maximum absolute atomic E-state index is 12.6. The maximum Gasteiger partial charge on any atom is 0.335 e. The molecule has 22 heavy (non-hydrogen) atoms. The molecule has 116 valence electrons. The van der Waals surface area contributed by atoms with Gasteiger partial charge in [-0.2, -0.15) is 0 Å². The van der Waals surface area contributed by atoms with Crippen LogP contribution in [0, 0.1) is 12.8 Å². The van der Waals surface area contributed by atoms with Crippen molar-refractivity contribution in [3.05, 3.63) is 62.9 Å². The lowest BCUT2D eigenvalue weighted by Gasteiger charge is -2.22. The van der Waals surface area contributed by atoms with E-state index in [1.54, 1.807) is 22.9 Å². The summed E-state index contributed by atoms with van der Waals surface area (Å²) < 4.78 is 8.22. The molecule has 2 heterocycles. The SMILES string of the molecule is Cc1ccc(-n2c(=O)ccn(CC3CCOCC3)c2=O)cc1. The first kappa shape index (κ1) is 14.8. The molecule has 0 atom stereocenters. The van der Waals surface area contributed by atoms with Gasteiger partial charge in [0.25, 0.3) is 5.56 Å². The summed E-state index contributed by atoms with van der Waals surface area (Å²) in [5.74, 6) is 0.426. The quantitative estimate of drug-likeness (QED) is 0.867. The molecular formula is C17H20N2O3. The van der Waals surface area contributed by atoms with Crippen molar-refractivity contribution in [3.8, 4) is 5.69 Å². The predicted octanol–water partition coefficient (Wildman–Crippen LogP) is 1.73. The second-order valence-electron chi connectivity index (χ2n) is 5.82. The molecule has 0 radical (unpaired) electrons. The fourth-order valence-electron chi connectivity index (χ4n) is 2.79. The number of nitrogens with zero attached hydrogens (tertiary/aromatic N) is 2. The molecule has 0 spiro atoms. The molecule has 1 fully saturated rings. The topological polar surface area (TPSA) is 53.2 Å². The van der Waals surface area contributed by atoms with Gasteiger partial charge in [-0.15, -0.1) is 0 Å². The van der Waals surface area contributed by atoms with Gasteiger partial charge in [0, 0.05) is 32.0 Å². The average molecular weight is 300 g/mol. The monoisotopic (exact) mass is 300 g/mol. The number of hydrogen-bond donors (Lipinski definition) is 0. The number of benzene rings is 1. The average Bonchev–Trinajstić information content (AvgIpc) is 2.53. The van der Waals surface area contributed by atoms with E-state index in [-0.39, 0.29) is 11.2 Å². The zero-order chi connectivity index (χ0) is 15.5. The maximum atomic E-state index is 12.6. The molecule has 0 unspecified atom stereocenters. The molecule has 1 aliphatic rings. The zero-order valence-electron chi connectivity index (χ0n) is 12.7. The van der Waals surface area contributed by atoms with Crippen molar-refractivity contribution >= 4 is 0 Å². The lowest BCUT2D eigenvalue weighted by atomic mass is 10.0. The first-order chi connectivity index (χ1) is 10.6. The predicted molar refractivity (Wildman–Crippen MR) is 84.6 cm³/mol. The summed E-state index contributed by atoms with van der Waals surface area (Å²) in [6, 6.07) is 8.86. The minimum Gasteiger partial charge on any atom is -0.381 e. The van der Waals surface area contributed by atoms with Crippen molar-refractivity contribution in [1.29, 1.82) is 0 Å². The van der Waals surface area contributed by atoms with Crippen LogP contribution < -0.4 is 11.2 Å². The molecule has 1 aromatic carbocycles. The van der Waals surface area contributed by atoms with Crippen molar-refractivity contribution in [2.45, 2.75) is 26.3 Å². The third-order valence-electron chi connectivity index (χ3n) is 4.14. The van der Waals surface area contributed by atoms with Crippen LogP contribution in [0.5, 0.6) is 0 Å². The van der Waals surface area contributed by atoms with Crippen LogP contribution in [0.15, 0.2) is 46.1 Å². The fourth-order valence-corrected chi connectivity index (χ4v) is 2.79. The van der Waals surface area contributed by atoms with E-state index >= 15 is 0 Å². The Morgan fingerprint density at radius 2 is 1.77 bits per heavy atom. The van der Waals surface area contributed by atoms with Crippen LogP contribution >= 0.6 is 0 Å². The number of rotatable bonds is 3. The molecular weight excluding hydrogens is 280 g/mol. The third kappa shape index (κ3) is 3.04. The van der Waals surface area contributed by atoms with Crippen LogP contribution in [0.3, 0.4) is 0 Å². The first-order valence-corrected chi connectivity index (χ1v) is 7.62. The largest absolute Gasteiger partial charge is 0.381 e. The van der Waals surface area contributed by atoms with E-state index in [0.717, 1.165) is 31.6 Å². The summed E-state index contributed by atoms with van der Waals surface area (Å²) in [7, 11) is 0. The molecule has 1 aliphatic heterocycles. The minimum atomic E-state index is -0.294. The molecule has 0 N–H and O–H groups in total. The third-order valence-corrected chi connectivity index (χ3v) is 4.14. The van der Waals surface area contributed by atoms with Gasteiger partial charge in [0.05, 0.1) is 5.69 Å². The van der Waals surface area contributed by atoms with E-state index in [4.69, 9.17) is 4.74 Å². The number of aromatic nitrogens is 2. The highest BCUT2D eigenvalue weighted by molar-refractivity contribution is 5.34. The zero-order valence-corrected chi connectivity index (χ0v) is 12.7. The molecule has 0 aliphatic carbocycles. The molecule has 5 heteroatoms. The summed E-state index contributed by atoms with van der Waals surface area (Å²) in [4.78, 5) is 24.7. The Bertz CT molecular complexity index is 753.